The van der Waals surface area contributed by atoms with Gasteiger partial charge in [-0.25, -0.2) is 4.39 Å². The molecule has 0 aliphatic heterocycles. The van der Waals surface area contributed by atoms with Gasteiger partial charge in [0.05, 0.1) is 13.2 Å². The molecule has 0 fully saturated rings. The third-order valence-corrected chi connectivity index (χ3v) is 3.86. The van der Waals surface area contributed by atoms with E-state index in [0.717, 1.165) is 21.7 Å². The largest absolute Gasteiger partial charge is 0.373 e. The van der Waals surface area contributed by atoms with Crippen molar-refractivity contribution in [2.75, 3.05) is 13.7 Å². The van der Waals surface area contributed by atoms with Crippen molar-refractivity contribution in [1.29, 1.82) is 0 Å². The van der Waals surface area contributed by atoms with Crippen molar-refractivity contribution < 1.29 is 9.13 Å². The lowest BCUT2D eigenvalue weighted by Gasteiger charge is -2.05. The van der Waals surface area contributed by atoms with Crippen LogP contribution in [0.3, 0.4) is 0 Å². The fraction of sp³-hybridized carbons (Fsp3) is 0.286. The van der Waals surface area contributed by atoms with Crippen LogP contribution in [0, 0.1) is 5.82 Å². The van der Waals surface area contributed by atoms with Crippen LogP contribution in [-0.4, -0.2) is 13.7 Å². The first-order valence-electron chi connectivity index (χ1n) is 5.80. The van der Waals surface area contributed by atoms with E-state index >= 15 is 0 Å². The standard InChI is InChI=1S/C14H16FNOS/c1-3-7-17-9-10-13(8-16-2)18-12-6-4-5-11(15)14(10)12/h3-6,16H,1,7-9H2,2H3. The maximum atomic E-state index is 13.9. The average molecular weight is 265 g/mol. The second kappa shape index (κ2) is 6.09. The molecule has 2 aromatic rings. The molecular weight excluding hydrogens is 249 g/mol. The molecule has 0 bridgehead atoms. The van der Waals surface area contributed by atoms with E-state index in [0.29, 0.717) is 18.6 Å². The van der Waals surface area contributed by atoms with Crippen LogP contribution in [0.4, 0.5) is 4.39 Å². The van der Waals surface area contributed by atoms with Gasteiger partial charge >= 0.3 is 0 Å². The van der Waals surface area contributed by atoms with Crippen molar-refractivity contribution in [2.24, 2.45) is 0 Å². The van der Waals surface area contributed by atoms with Crippen molar-refractivity contribution in [2.45, 2.75) is 13.2 Å². The number of rotatable bonds is 6. The van der Waals surface area contributed by atoms with Crippen LogP contribution in [0.2, 0.25) is 0 Å². The van der Waals surface area contributed by atoms with Gasteiger partial charge in [-0.05, 0) is 19.2 Å². The molecule has 1 N–H and O–H groups in total. The lowest BCUT2D eigenvalue weighted by molar-refractivity contribution is 0.149. The quantitative estimate of drug-likeness (QED) is 0.638. The zero-order valence-electron chi connectivity index (χ0n) is 10.3. The van der Waals surface area contributed by atoms with Gasteiger partial charge in [-0.2, -0.15) is 0 Å². The van der Waals surface area contributed by atoms with Crippen molar-refractivity contribution in [3.63, 3.8) is 0 Å². The van der Waals surface area contributed by atoms with Crippen LogP contribution in [0.15, 0.2) is 30.9 Å². The van der Waals surface area contributed by atoms with Crippen LogP contribution in [0.1, 0.15) is 10.4 Å². The van der Waals surface area contributed by atoms with E-state index in [1.54, 1.807) is 23.5 Å². The Hall–Kier alpha value is -1.23. The summed E-state index contributed by atoms with van der Waals surface area (Å²) in [6, 6.07) is 5.18. The summed E-state index contributed by atoms with van der Waals surface area (Å²) in [5.74, 6) is -0.177. The molecule has 1 heterocycles. The molecule has 18 heavy (non-hydrogen) atoms. The number of nitrogens with one attached hydrogen (secondary N) is 1. The Labute approximate surface area is 110 Å². The molecule has 0 radical (unpaired) electrons. The summed E-state index contributed by atoms with van der Waals surface area (Å²) >= 11 is 1.61. The third-order valence-electron chi connectivity index (χ3n) is 2.67. The Morgan fingerprint density at radius 2 is 2.33 bits per heavy atom. The Balaban J connectivity index is 2.43. The molecular formula is C14H16FNOS. The monoisotopic (exact) mass is 265 g/mol. The van der Waals surface area contributed by atoms with E-state index in [2.05, 4.69) is 11.9 Å². The van der Waals surface area contributed by atoms with Gasteiger partial charge in [-0.15, -0.1) is 17.9 Å². The fourth-order valence-electron chi connectivity index (χ4n) is 1.92. The van der Waals surface area contributed by atoms with Crippen molar-refractivity contribution >= 4 is 21.4 Å². The molecule has 0 aliphatic rings. The Kier molecular flexibility index (Phi) is 4.47. The maximum absolute atomic E-state index is 13.9. The molecule has 0 saturated carbocycles. The molecule has 1 aromatic heterocycles. The SMILES string of the molecule is C=CCOCc1c(CNC)sc2cccc(F)c12. The minimum Gasteiger partial charge on any atom is -0.373 e. The Morgan fingerprint density at radius 1 is 1.50 bits per heavy atom. The molecule has 4 heteroatoms. The summed E-state index contributed by atoms with van der Waals surface area (Å²) < 4.78 is 20.4. The number of thiophene rings is 1. The van der Waals surface area contributed by atoms with Crippen LogP contribution in [0.5, 0.6) is 0 Å². The zero-order chi connectivity index (χ0) is 13.0. The van der Waals surface area contributed by atoms with Gasteiger partial charge in [0, 0.05) is 27.1 Å². The first-order valence-corrected chi connectivity index (χ1v) is 6.61. The molecule has 96 valence electrons. The molecule has 0 atom stereocenters. The van der Waals surface area contributed by atoms with Gasteiger partial charge < -0.3 is 10.1 Å². The van der Waals surface area contributed by atoms with Crippen LogP contribution >= 0.6 is 11.3 Å². The highest BCUT2D eigenvalue weighted by atomic mass is 32.1. The van der Waals surface area contributed by atoms with Gasteiger partial charge in [0.1, 0.15) is 5.82 Å². The van der Waals surface area contributed by atoms with E-state index < -0.39 is 0 Å². The summed E-state index contributed by atoms with van der Waals surface area (Å²) in [4.78, 5) is 1.13. The summed E-state index contributed by atoms with van der Waals surface area (Å²) in [7, 11) is 1.88. The van der Waals surface area contributed by atoms with E-state index in [1.807, 2.05) is 13.1 Å². The second-order valence-corrected chi connectivity index (χ2v) is 5.09. The van der Waals surface area contributed by atoms with Crippen molar-refractivity contribution in [1.82, 2.24) is 5.32 Å². The highest BCUT2D eigenvalue weighted by Gasteiger charge is 2.14. The predicted octanol–water partition coefficient (Wildman–Crippen LogP) is 3.46. The molecule has 0 spiro atoms. The minimum absolute atomic E-state index is 0.177. The summed E-state index contributed by atoms with van der Waals surface area (Å²) in [5, 5.41) is 3.80. The second-order valence-electron chi connectivity index (χ2n) is 3.95. The van der Waals surface area contributed by atoms with Crippen molar-refractivity contribution in [3.05, 3.63) is 47.1 Å². The number of halogens is 1. The van der Waals surface area contributed by atoms with E-state index in [-0.39, 0.29) is 5.82 Å². The molecule has 0 unspecified atom stereocenters. The number of ether oxygens (including phenoxy) is 1. The molecule has 2 rings (SSSR count). The topological polar surface area (TPSA) is 21.3 Å². The Morgan fingerprint density at radius 3 is 3.06 bits per heavy atom. The number of hydrogen-bond donors (Lipinski definition) is 1. The average Bonchev–Trinajstić information content (AvgIpc) is 2.70. The molecule has 0 aliphatic carbocycles. The van der Waals surface area contributed by atoms with E-state index in [4.69, 9.17) is 4.74 Å². The van der Waals surface area contributed by atoms with E-state index in [1.165, 1.54) is 6.07 Å². The van der Waals surface area contributed by atoms with Crippen molar-refractivity contribution in [3.8, 4) is 0 Å². The maximum Gasteiger partial charge on any atom is 0.132 e. The van der Waals surface area contributed by atoms with E-state index in [9.17, 15) is 4.39 Å². The smallest absolute Gasteiger partial charge is 0.132 e. The molecule has 2 nitrogen and oxygen atoms in total. The van der Waals surface area contributed by atoms with Gasteiger partial charge in [0.25, 0.3) is 0 Å². The number of fused-ring (bicyclic) bond motifs is 1. The van der Waals surface area contributed by atoms with Crippen LogP contribution in [-0.2, 0) is 17.9 Å². The highest BCUT2D eigenvalue weighted by molar-refractivity contribution is 7.19. The molecule has 0 saturated heterocycles. The van der Waals surface area contributed by atoms with Crippen LogP contribution < -0.4 is 5.32 Å². The fourth-order valence-corrected chi connectivity index (χ4v) is 3.15. The van der Waals surface area contributed by atoms with Gasteiger partial charge in [-0.3, -0.25) is 0 Å². The predicted molar refractivity (Wildman–Crippen MR) is 74.4 cm³/mol. The molecule has 1 aromatic carbocycles. The number of benzene rings is 1. The molecule has 0 amide bonds. The van der Waals surface area contributed by atoms with Gasteiger partial charge in [-0.1, -0.05) is 12.1 Å². The highest BCUT2D eigenvalue weighted by Crippen LogP contribution is 2.33. The number of hydrogen-bond acceptors (Lipinski definition) is 3. The Bertz CT molecular complexity index is 550. The zero-order valence-corrected chi connectivity index (χ0v) is 11.1. The third kappa shape index (κ3) is 2.61. The first kappa shape index (κ1) is 13.2. The summed E-state index contributed by atoms with van der Waals surface area (Å²) in [5.41, 5.74) is 0.948. The minimum atomic E-state index is -0.177. The lowest BCUT2D eigenvalue weighted by atomic mass is 10.1. The van der Waals surface area contributed by atoms with Gasteiger partial charge in [0.15, 0.2) is 0 Å². The lowest BCUT2D eigenvalue weighted by Crippen LogP contribution is -2.06. The van der Waals surface area contributed by atoms with Crippen LogP contribution in [0.25, 0.3) is 10.1 Å². The van der Waals surface area contributed by atoms with Gasteiger partial charge in [0.2, 0.25) is 0 Å². The first-order chi connectivity index (χ1) is 8.77. The normalized spacial score (nSPS) is 11.0. The summed E-state index contributed by atoms with van der Waals surface area (Å²) in [6.45, 7) is 5.23. The summed E-state index contributed by atoms with van der Waals surface area (Å²) in [6.07, 6.45) is 1.70.